The third kappa shape index (κ3) is 4.96. The predicted molar refractivity (Wildman–Crippen MR) is 236 cm³/mol. The van der Waals surface area contributed by atoms with Crippen molar-refractivity contribution in [2.45, 2.75) is 15.2 Å². The van der Waals surface area contributed by atoms with Gasteiger partial charge in [-0.3, -0.25) is 0 Å². The largest absolute Gasteiger partial charge is 0.208 e. The molecule has 1 aliphatic carbocycles. The molecule has 3 heterocycles. The van der Waals surface area contributed by atoms with Crippen LogP contribution in [0.4, 0.5) is 0 Å². The fourth-order valence-corrected chi connectivity index (χ4v) is 11.4. The normalized spacial score (nSPS) is 13.3. The second-order valence-corrected chi connectivity index (χ2v) is 16.9. The van der Waals surface area contributed by atoms with Gasteiger partial charge in [0.2, 0.25) is 0 Å². The molecule has 2 aromatic heterocycles. The molecule has 0 atom stereocenters. The van der Waals surface area contributed by atoms with Gasteiger partial charge in [0.15, 0.2) is 17.5 Å². The molecule has 10 aromatic rings. The summed E-state index contributed by atoms with van der Waals surface area (Å²) in [4.78, 5) is 17.9. The van der Waals surface area contributed by atoms with Gasteiger partial charge in [-0.25, -0.2) is 15.0 Å². The summed E-state index contributed by atoms with van der Waals surface area (Å²) in [5.74, 6) is 1.96. The van der Waals surface area contributed by atoms with Gasteiger partial charge in [-0.05, 0) is 68.8 Å². The first-order valence-corrected chi connectivity index (χ1v) is 20.8. The van der Waals surface area contributed by atoms with Crippen molar-refractivity contribution >= 4 is 43.3 Å². The van der Waals surface area contributed by atoms with Crippen LogP contribution in [0.2, 0.25) is 0 Å². The Hall–Kier alpha value is -6.66. The van der Waals surface area contributed by atoms with E-state index in [1.165, 1.54) is 68.9 Å². The van der Waals surface area contributed by atoms with Crippen molar-refractivity contribution in [2.75, 3.05) is 0 Å². The molecule has 0 fully saturated rings. The molecule has 8 aromatic carbocycles. The monoisotopic (exact) mass is 761 g/mol. The van der Waals surface area contributed by atoms with E-state index < -0.39 is 5.41 Å². The van der Waals surface area contributed by atoms with E-state index in [4.69, 9.17) is 15.0 Å². The van der Waals surface area contributed by atoms with Crippen molar-refractivity contribution in [1.29, 1.82) is 0 Å². The lowest BCUT2D eigenvalue weighted by Crippen LogP contribution is -2.31. The van der Waals surface area contributed by atoms with Crippen LogP contribution in [-0.2, 0) is 5.41 Å². The third-order valence-corrected chi connectivity index (χ3v) is 13.9. The van der Waals surface area contributed by atoms with Crippen LogP contribution in [0.25, 0.3) is 76.6 Å². The van der Waals surface area contributed by atoms with Gasteiger partial charge in [-0.1, -0.05) is 176 Å². The van der Waals surface area contributed by atoms with E-state index in [0.717, 1.165) is 22.3 Å². The number of benzene rings is 8. The summed E-state index contributed by atoms with van der Waals surface area (Å²) in [5.41, 5.74) is 12.7. The first-order valence-electron chi connectivity index (χ1n) is 19.2. The van der Waals surface area contributed by atoms with Crippen LogP contribution in [0.1, 0.15) is 22.3 Å². The minimum Gasteiger partial charge on any atom is -0.208 e. The molecule has 0 radical (unpaired) electrons. The van der Waals surface area contributed by atoms with Crippen LogP contribution in [0.3, 0.4) is 0 Å². The zero-order valence-corrected chi connectivity index (χ0v) is 32.2. The zero-order valence-electron chi connectivity index (χ0n) is 30.6. The Morgan fingerprint density at radius 1 is 0.333 bits per heavy atom. The highest BCUT2D eigenvalue weighted by molar-refractivity contribution is 7.99. The fourth-order valence-electron chi connectivity index (χ4n) is 9.07. The smallest absolute Gasteiger partial charge is 0.164 e. The molecule has 12 rings (SSSR count). The van der Waals surface area contributed by atoms with Crippen LogP contribution in [0.15, 0.2) is 198 Å². The summed E-state index contributed by atoms with van der Waals surface area (Å²) in [5, 5.41) is 2.62. The van der Waals surface area contributed by atoms with Crippen molar-refractivity contribution in [3.8, 4) is 56.4 Å². The molecule has 0 N–H and O–H groups in total. The van der Waals surface area contributed by atoms with Crippen molar-refractivity contribution in [3.05, 3.63) is 210 Å². The van der Waals surface area contributed by atoms with E-state index in [0.29, 0.717) is 17.5 Å². The van der Waals surface area contributed by atoms with Crippen LogP contribution < -0.4 is 0 Å². The van der Waals surface area contributed by atoms with Gasteiger partial charge in [0.25, 0.3) is 0 Å². The summed E-state index contributed by atoms with van der Waals surface area (Å²) in [6.45, 7) is 0. The topological polar surface area (TPSA) is 38.7 Å². The lowest BCUT2D eigenvalue weighted by atomic mass is 9.67. The molecule has 3 nitrogen and oxygen atoms in total. The summed E-state index contributed by atoms with van der Waals surface area (Å²) in [6.07, 6.45) is 0. The van der Waals surface area contributed by atoms with E-state index in [-0.39, 0.29) is 0 Å². The molecule has 0 unspecified atom stereocenters. The van der Waals surface area contributed by atoms with Crippen LogP contribution in [0.5, 0.6) is 0 Å². The van der Waals surface area contributed by atoms with Gasteiger partial charge in [-0.15, -0.1) is 11.3 Å². The maximum atomic E-state index is 5.19. The van der Waals surface area contributed by atoms with Gasteiger partial charge in [0.1, 0.15) is 0 Å². The molecule has 1 spiro atoms. The van der Waals surface area contributed by atoms with Crippen LogP contribution >= 0.6 is 23.1 Å². The first-order chi connectivity index (χ1) is 28.2. The lowest BCUT2D eigenvalue weighted by Gasteiger charge is -2.39. The number of hydrogen-bond donors (Lipinski definition) is 0. The van der Waals surface area contributed by atoms with E-state index in [1.807, 2.05) is 41.3 Å². The summed E-state index contributed by atoms with van der Waals surface area (Å²) < 4.78 is 2.61. The van der Waals surface area contributed by atoms with E-state index in [1.54, 1.807) is 0 Å². The minimum atomic E-state index is -0.425. The lowest BCUT2D eigenvalue weighted by molar-refractivity contribution is 0.722. The molecule has 0 bridgehead atoms. The molecule has 266 valence electrons. The van der Waals surface area contributed by atoms with E-state index in [9.17, 15) is 0 Å². The Balaban J connectivity index is 0.985. The highest BCUT2D eigenvalue weighted by Crippen LogP contribution is 2.62. The third-order valence-electron chi connectivity index (χ3n) is 11.6. The molecule has 0 saturated heterocycles. The average molecular weight is 762 g/mol. The van der Waals surface area contributed by atoms with Crippen molar-refractivity contribution < 1.29 is 0 Å². The van der Waals surface area contributed by atoms with Crippen molar-refractivity contribution in [2.24, 2.45) is 0 Å². The Labute approximate surface area is 338 Å². The van der Waals surface area contributed by atoms with Gasteiger partial charge < -0.3 is 0 Å². The Morgan fingerprint density at radius 2 is 0.860 bits per heavy atom. The van der Waals surface area contributed by atoms with Crippen LogP contribution in [0, 0.1) is 0 Å². The number of rotatable bonds is 4. The predicted octanol–water partition coefficient (Wildman–Crippen LogP) is 13.7. The number of thiophene rings is 1. The fraction of sp³-hybridized carbons (Fsp3) is 0.0192. The first kappa shape index (κ1) is 32.6. The second-order valence-electron chi connectivity index (χ2n) is 14.7. The van der Waals surface area contributed by atoms with Gasteiger partial charge in [0.05, 0.1) is 5.41 Å². The number of aromatic nitrogens is 3. The molecule has 2 aliphatic rings. The molecular weight excluding hydrogens is 731 g/mol. The number of fused-ring (bicyclic) bond motifs is 12. The number of nitrogens with zero attached hydrogens (tertiary/aromatic N) is 3. The molecular formula is C52H31N3S2. The standard InChI is InChI=1S/C52H31N3S2/c1-2-12-33(13-3-1)49-53-50(34-24-22-32(23-25-34)35-26-28-40-39-16-6-10-20-45(39)56-47(40)30-35)55-51(54-49)36-27-29-44-48(31-36)57-46-21-11-9-19-43(46)52(44)41-17-7-4-14-37(41)38-15-5-8-18-42(38)52/h1-31H. The second kappa shape index (κ2) is 12.7. The van der Waals surface area contributed by atoms with Crippen LogP contribution in [-0.4, -0.2) is 15.0 Å². The molecule has 0 amide bonds. The highest BCUT2D eigenvalue weighted by atomic mass is 32.2. The average Bonchev–Trinajstić information content (AvgIpc) is 3.80. The molecule has 1 aliphatic heterocycles. The van der Waals surface area contributed by atoms with Gasteiger partial charge in [-0.2, -0.15) is 0 Å². The molecule has 57 heavy (non-hydrogen) atoms. The van der Waals surface area contributed by atoms with Gasteiger partial charge >= 0.3 is 0 Å². The quantitative estimate of drug-likeness (QED) is 0.179. The Morgan fingerprint density at radius 3 is 1.61 bits per heavy atom. The van der Waals surface area contributed by atoms with E-state index >= 15 is 0 Å². The maximum Gasteiger partial charge on any atom is 0.164 e. The maximum absolute atomic E-state index is 5.19. The highest BCUT2D eigenvalue weighted by Gasteiger charge is 2.50. The summed E-state index contributed by atoms with van der Waals surface area (Å²) >= 11 is 3.68. The number of hydrogen-bond acceptors (Lipinski definition) is 5. The van der Waals surface area contributed by atoms with Crippen molar-refractivity contribution in [3.63, 3.8) is 0 Å². The Bertz CT molecular complexity index is 3180. The summed E-state index contributed by atoms with van der Waals surface area (Å²) in [7, 11) is 0. The SMILES string of the molecule is c1ccc(-c2nc(-c3ccc(-c4ccc5c(c4)sc4ccccc45)cc3)nc(-c3ccc4c(c3)Sc3ccccc3C43c4ccccc4-c4ccccc43)n2)cc1. The summed E-state index contributed by atoms with van der Waals surface area (Å²) in [6, 6.07) is 67.9. The zero-order chi connectivity index (χ0) is 37.5. The Kier molecular flexibility index (Phi) is 7.25. The van der Waals surface area contributed by atoms with Gasteiger partial charge in [0, 0.05) is 46.7 Å². The molecule has 5 heteroatoms. The van der Waals surface area contributed by atoms with E-state index in [2.05, 4.69) is 170 Å². The molecule has 0 saturated carbocycles. The van der Waals surface area contributed by atoms with Crippen molar-refractivity contribution in [1.82, 2.24) is 15.0 Å². The minimum absolute atomic E-state index is 0.425.